The smallest absolute Gasteiger partial charge is 0.119 e. The van der Waals surface area contributed by atoms with Gasteiger partial charge in [0.15, 0.2) is 0 Å². The van der Waals surface area contributed by atoms with Gasteiger partial charge in [-0.2, -0.15) is 0 Å². The third kappa shape index (κ3) is 2.41. The number of aryl methyl sites for hydroxylation is 1. The van der Waals surface area contributed by atoms with E-state index in [1.54, 1.807) is 7.11 Å². The highest BCUT2D eigenvalue weighted by Gasteiger charge is 2.02. The Morgan fingerprint density at radius 2 is 1.82 bits per heavy atom. The van der Waals surface area contributed by atoms with Crippen molar-refractivity contribution in [2.45, 2.75) is 13.3 Å². The molecule has 0 aliphatic carbocycles. The second-order valence-corrected chi connectivity index (χ2v) is 4.00. The van der Waals surface area contributed by atoms with Gasteiger partial charge in [0.1, 0.15) is 5.75 Å². The van der Waals surface area contributed by atoms with Crippen LogP contribution in [0.1, 0.15) is 12.5 Å². The van der Waals surface area contributed by atoms with E-state index >= 15 is 0 Å². The van der Waals surface area contributed by atoms with E-state index in [2.05, 4.69) is 19.1 Å². The van der Waals surface area contributed by atoms with Gasteiger partial charge in [-0.1, -0.05) is 25.1 Å². The standard InChI is InChI=1S/C15H17NO/c1-3-11-9-13(7-8-15(11)16)12-5-4-6-14(10-12)17-2/h4-10H,3,16H2,1-2H3. The Labute approximate surface area is 102 Å². The highest BCUT2D eigenvalue weighted by molar-refractivity contribution is 5.69. The molecule has 2 nitrogen and oxygen atoms in total. The Bertz CT molecular complexity index is 520. The van der Waals surface area contributed by atoms with Gasteiger partial charge in [-0.3, -0.25) is 0 Å². The van der Waals surface area contributed by atoms with Crippen LogP contribution in [0.4, 0.5) is 5.69 Å². The fraction of sp³-hybridized carbons (Fsp3) is 0.200. The Morgan fingerprint density at radius 3 is 2.53 bits per heavy atom. The van der Waals surface area contributed by atoms with E-state index in [4.69, 9.17) is 10.5 Å². The molecule has 2 aromatic carbocycles. The predicted octanol–water partition coefficient (Wildman–Crippen LogP) is 3.51. The van der Waals surface area contributed by atoms with Gasteiger partial charge < -0.3 is 10.5 Å². The van der Waals surface area contributed by atoms with E-state index in [1.807, 2.05) is 30.3 Å². The molecule has 2 rings (SSSR count). The lowest BCUT2D eigenvalue weighted by Crippen LogP contribution is -1.93. The molecule has 2 N–H and O–H groups in total. The summed E-state index contributed by atoms with van der Waals surface area (Å²) >= 11 is 0. The van der Waals surface area contributed by atoms with Crippen molar-refractivity contribution in [3.05, 3.63) is 48.0 Å². The molecular weight excluding hydrogens is 210 g/mol. The Morgan fingerprint density at radius 1 is 1.06 bits per heavy atom. The summed E-state index contributed by atoms with van der Waals surface area (Å²) < 4.78 is 5.23. The zero-order valence-corrected chi connectivity index (χ0v) is 10.2. The first-order chi connectivity index (χ1) is 8.24. The van der Waals surface area contributed by atoms with Gasteiger partial charge in [-0.05, 0) is 47.4 Å². The number of hydrogen-bond acceptors (Lipinski definition) is 2. The molecule has 0 atom stereocenters. The molecule has 0 amide bonds. The van der Waals surface area contributed by atoms with Crippen molar-refractivity contribution < 1.29 is 4.74 Å². The highest BCUT2D eigenvalue weighted by atomic mass is 16.5. The second-order valence-electron chi connectivity index (χ2n) is 4.00. The molecule has 2 heteroatoms. The molecular formula is C15H17NO. The van der Waals surface area contributed by atoms with E-state index < -0.39 is 0 Å². The van der Waals surface area contributed by atoms with E-state index in [1.165, 1.54) is 11.1 Å². The molecule has 2 aromatic rings. The van der Waals surface area contributed by atoms with Gasteiger partial charge in [0.25, 0.3) is 0 Å². The van der Waals surface area contributed by atoms with Crippen molar-refractivity contribution in [3.8, 4) is 16.9 Å². The fourth-order valence-electron chi connectivity index (χ4n) is 1.89. The summed E-state index contributed by atoms with van der Waals surface area (Å²) in [4.78, 5) is 0. The lowest BCUT2D eigenvalue weighted by atomic mass is 10.0. The Kier molecular flexibility index (Phi) is 3.33. The topological polar surface area (TPSA) is 35.2 Å². The van der Waals surface area contributed by atoms with Crippen LogP contribution in [0.3, 0.4) is 0 Å². The lowest BCUT2D eigenvalue weighted by Gasteiger charge is -2.08. The van der Waals surface area contributed by atoms with Crippen molar-refractivity contribution in [2.75, 3.05) is 12.8 Å². The summed E-state index contributed by atoms with van der Waals surface area (Å²) in [5.41, 5.74) is 10.3. The highest BCUT2D eigenvalue weighted by Crippen LogP contribution is 2.26. The van der Waals surface area contributed by atoms with E-state index in [-0.39, 0.29) is 0 Å². The SMILES string of the molecule is CCc1cc(-c2cccc(OC)c2)ccc1N. The first kappa shape index (κ1) is 11.5. The molecule has 0 bridgehead atoms. The van der Waals surface area contributed by atoms with Crippen LogP contribution in [0.15, 0.2) is 42.5 Å². The van der Waals surface area contributed by atoms with E-state index in [0.717, 1.165) is 23.4 Å². The van der Waals surface area contributed by atoms with Crippen LogP contribution in [0.5, 0.6) is 5.75 Å². The molecule has 0 radical (unpaired) electrons. The van der Waals surface area contributed by atoms with Gasteiger partial charge >= 0.3 is 0 Å². The molecule has 17 heavy (non-hydrogen) atoms. The van der Waals surface area contributed by atoms with Crippen molar-refractivity contribution in [3.63, 3.8) is 0 Å². The minimum absolute atomic E-state index is 0.860. The maximum atomic E-state index is 5.91. The summed E-state index contributed by atoms with van der Waals surface area (Å²) in [6.07, 6.45) is 0.948. The number of ether oxygens (including phenoxy) is 1. The van der Waals surface area contributed by atoms with Crippen molar-refractivity contribution in [1.82, 2.24) is 0 Å². The van der Waals surface area contributed by atoms with Crippen molar-refractivity contribution in [2.24, 2.45) is 0 Å². The number of nitrogens with two attached hydrogens (primary N) is 1. The summed E-state index contributed by atoms with van der Waals surface area (Å²) in [7, 11) is 1.68. The predicted molar refractivity (Wildman–Crippen MR) is 72.2 cm³/mol. The van der Waals surface area contributed by atoms with Crippen LogP contribution >= 0.6 is 0 Å². The molecule has 0 saturated carbocycles. The van der Waals surface area contributed by atoms with Crippen molar-refractivity contribution in [1.29, 1.82) is 0 Å². The largest absolute Gasteiger partial charge is 0.497 e. The van der Waals surface area contributed by atoms with Gasteiger partial charge in [0.05, 0.1) is 7.11 Å². The maximum absolute atomic E-state index is 5.91. The molecule has 0 aromatic heterocycles. The number of rotatable bonds is 3. The van der Waals surface area contributed by atoms with Crippen LogP contribution in [0.2, 0.25) is 0 Å². The Balaban J connectivity index is 2.45. The fourth-order valence-corrected chi connectivity index (χ4v) is 1.89. The number of benzene rings is 2. The van der Waals surface area contributed by atoms with E-state index in [0.29, 0.717) is 0 Å². The quantitative estimate of drug-likeness (QED) is 0.814. The average molecular weight is 227 g/mol. The zero-order chi connectivity index (χ0) is 12.3. The van der Waals surface area contributed by atoms with Gasteiger partial charge in [0.2, 0.25) is 0 Å². The molecule has 0 saturated heterocycles. The third-order valence-corrected chi connectivity index (χ3v) is 2.93. The first-order valence-corrected chi connectivity index (χ1v) is 5.77. The molecule has 0 unspecified atom stereocenters. The number of anilines is 1. The summed E-state index contributed by atoms with van der Waals surface area (Å²) in [5.74, 6) is 0.873. The second kappa shape index (κ2) is 4.91. The molecule has 88 valence electrons. The summed E-state index contributed by atoms with van der Waals surface area (Å²) in [6.45, 7) is 2.11. The normalized spacial score (nSPS) is 10.2. The lowest BCUT2D eigenvalue weighted by molar-refractivity contribution is 0.415. The maximum Gasteiger partial charge on any atom is 0.119 e. The van der Waals surface area contributed by atoms with Crippen molar-refractivity contribution >= 4 is 5.69 Å². The summed E-state index contributed by atoms with van der Waals surface area (Å²) in [6, 6.07) is 14.2. The van der Waals surface area contributed by atoms with Crippen LogP contribution in [0, 0.1) is 0 Å². The van der Waals surface area contributed by atoms with Gasteiger partial charge in [-0.25, -0.2) is 0 Å². The number of methoxy groups -OCH3 is 1. The monoisotopic (exact) mass is 227 g/mol. The minimum atomic E-state index is 0.860. The van der Waals surface area contributed by atoms with Crippen LogP contribution < -0.4 is 10.5 Å². The molecule has 0 aliphatic rings. The van der Waals surface area contributed by atoms with E-state index in [9.17, 15) is 0 Å². The molecule has 0 aliphatic heterocycles. The van der Waals surface area contributed by atoms with Gasteiger partial charge in [-0.15, -0.1) is 0 Å². The molecule has 0 heterocycles. The van der Waals surface area contributed by atoms with Crippen LogP contribution in [-0.2, 0) is 6.42 Å². The molecule has 0 fully saturated rings. The number of hydrogen-bond donors (Lipinski definition) is 1. The van der Waals surface area contributed by atoms with Crippen LogP contribution in [-0.4, -0.2) is 7.11 Å². The van der Waals surface area contributed by atoms with Gasteiger partial charge in [0, 0.05) is 5.69 Å². The molecule has 0 spiro atoms. The van der Waals surface area contributed by atoms with Crippen LogP contribution in [0.25, 0.3) is 11.1 Å². The summed E-state index contributed by atoms with van der Waals surface area (Å²) in [5, 5.41) is 0. The first-order valence-electron chi connectivity index (χ1n) is 5.77. The number of nitrogen functional groups attached to an aromatic ring is 1. The minimum Gasteiger partial charge on any atom is -0.497 e. The third-order valence-electron chi connectivity index (χ3n) is 2.93. The average Bonchev–Trinajstić information content (AvgIpc) is 2.39. The zero-order valence-electron chi connectivity index (χ0n) is 10.2. The Hall–Kier alpha value is -1.96.